The number of benzene rings is 3. The first-order valence-corrected chi connectivity index (χ1v) is 14.8. The first-order chi connectivity index (χ1) is 20.0. The molecule has 7 heteroatoms. The van der Waals surface area contributed by atoms with Crippen molar-refractivity contribution in [3.8, 4) is 11.1 Å². The maximum atomic E-state index is 13.2. The summed E-state index contributed by atoms with van der Waals surface area (Å²) in [6, 6.07) is 26.5. The van der Waals surface area contributed by atoms with Gasteiger partial charge >= 0.3 is 12.1 Å². The van der Waals surface area contributed by atoms with Crippen LogP contribution in [0.25, 0.3) is 11.1 Å². The maximum Gasteiger partial charge on any atom is 0.411 e. The van der Waals surface area contributed by atoms with E-state index in [4.69, 9.17) is 9.47 Å². The third-order valence-electron chi connectivity index (χ3n) is 8.92. The lowest BCUT2D eigenvalue weighted by atomic mass is 9.92. The Morgan fingerprint density at radius 1 is 0.976 bits per heavy atom. The van der Waals surface area contributed by atoms with Crippen molar-refractivity contribution < 1.29 is 24.2 Å². The van der Waals surface area contributed by atoms with Gasteiger partial charge in [-0.15, -0.1) is 0 Å². The first kappa shape index (κ1) is 27.5. The van der Waals surface area contributed by atoms with Crippen LogP contribution in [0.1, 0.15) is 43.7 Å². The van der Waals surface area contributed by atoms with Crippen molar-refractivity contribution in [3.05, 3.63) is 90.0 Å². The Labute approximate surface area is 241 Å². The molecule has 1 unspecified atom stereocenters. The first-order valence-electron chi connectivity index (χ1n) is 14.8. The van der Waals surface area contributed by atoms with Crippen LogP contribution in [-0.2, 0) is 27.1 Å². The highest BCUT2D eigenvalue weighted by Gasteiger charge is 2.63. The summed E-state index contributed by atoms with van der Waals surface area (Å²) in [5.74, 6) is -1.19. The van der Waals surface area contributed by atoms with Gasteiger partial charge in [0.1, 0.15) is 18.3 Å². The molecular weight excluding hydrogens is 516 g/mol. The van der Waals surface area contributed by atoms with Gasteiger partial charge in [0, 0.05) is 30.5 Å². The number of hydrogen-bond donors (Lipinski definition) is 2. The zero-order valence-corrected chi connectivity index (χ0v) is 23.4. The predicted octanol–water partition coefficient (Wildman–Crippen LogP) is 6.17. The third kappa shape index (κ3) is 6.16. The van der Waals surface area contributed by atoms with Gasteiger partial charge < -0.3 is 14.6 Å². The number of carboxylic acids is 1. The van der Waals surface area contributed by atoms with Crippen molar-refractivity contribution in [1.29, 1.82) is 0 Å². The van der Waals surface area contributed by atoms with Crippen molar-refractivity contribution in [2.45, 2.75) is 75.8 Å². The quantitative estimate of drug-likeness (QED) is 0.276. The molecule has 0 aromatic heterocycles. The molecule has 2 bridgehead atoms. The number of likely N-dealkylation sites (N-methyl/N-ethyl adjacent to an activating group) is 1. The summed E-state index contributed by atoms with van der Waals surface area (Å²) in [5, 5.41) is 12.8. The second kappa shape index (κ2) is 12.0. The normalized spacial score (nSPS) is 25.2. The molecular formula is C34H38N2O5. The molecule has 214 valence electrons. The van der Waals surface area contributed by atoms with E-state index in [1.807, 2.05) is 72.8 Å². The number of rotatable bonds is 11. The van der Waals surface area contributed by atoms with Crippen LogP contribution in [0, 0.1) is 5.92 Å². The molecule has 7 nitrogen and oxygen atoms in total. The number of nitrogens with zero attached hydrogens (tertiary/aromatic N) is 1. The van der Waals surface area contributed by atoms with E-state index < -0.39 is 18.0 Å². The highest BCUT2D eigenvalue weighted by Crippen LogP contribution is 2.48. The highest BCUT2D eigenvalue weighted by atomic mass is 16.6. The number of amides is 1. The van der Waals surface area contributed by atoms with E-state index in [0.717, 1.165) is 54.5 Å². The molecule has 6 atom stereocenters. The largest absolute Gasteiger partial charge is 0.481 e. The highest BCUT2D eigenvalue weighted by molar-refractivity contribution is 5.91. The summed E-state index contributed by atoms with van der Waals surface area (Å²) in [4.78, 5) is 27.6. The predicted molar refractivity (Wildman–Crippen MR) is 158 cm³/mol. The molecule has 3 heterocycles. The zero-order chi connectivity index (χ0) is 28.3. The summed E-state index contributed by atoms with van der Waals surface area (Å²) in [5.41, 5.74) is 4.73. The molecule has 3 fully saturated rings. The number of morpholine rings is 1. The molecule has 3 aliphatic heterocycles. The van der Waals surface area contributed by atoms with Gasteiger partial charge in [0.15, 0.2) is 0 Å². The van der Waals surface area contributed by atoms with Gasteiger partial charge in [-0.05, 0) is 55.0 Å². The number of aryl methyl sites for hydroxylation is 1. The third-order valence-corrected chi connectivity index (χ3v) is 8.92. The van der Waals surface area contributed by atoms with Crippen LogP contribution in [-0.4, -0.2) is 59.0 Å². The van der Waals surface area contributed by atoms with Crippen molar-refractivity contribution in [2.75, 3.05) is 11.9 Å². The smallest absolute Gasteiger partial charge is 0.411 e. The number of carboxylic acid groups (broad SMARTS) is 1. The number of anilines is 1. The molecule has 2 N–H and O–H groups in total. The maximum absolute atomic E-state index is 13.2. The van der Waals surface area contributed by atoms with Gasteiger partial charge in [-0.1, -0.05) is 79.7 Å². The SMILES string of the molecule is CCN1[C@@H]2C[C@@H](OC(=O)Nc3cc(CCCC(Cc4ccccc4)C(=O)O)ccc3-c3ccccc3)C[C@H]1[C@@H]1O[C@@H]12. The van der Waals surface area contributed by atoms with Crippen LogP contribution in [0.3, 0.4) is 0 Å². The van der Waals surface area contributed by atoms with Crippen molar-refractivity contribution in [2.24, 2.45) is 5.92 Å². The van der Waals surface area contributed by atoms with Crippen LogP contribution < -0.4 is 5.32 Å². The number of piperidine rings is 1. The van der Waals surface area contributed by atoms with Crippen LogP contribution in [0.5, 0.6) is 0 Å². The summed E-state index contributed by atoms with van der Waals surface area (Å²) in [7, 11) is 0. The van der Waals surface area contributed by atoms with E-state index in [9.17, 15) is 14.7 Å². The molecule has 41 heavy (non-hydrogen) atoms. The molecule has 0 spiro atoms. The number of nitrogens with one attached hydrogen (secondary N) is 1. The monoisotopic (exact) mass is 554 g/mol. The van der Waals surface area contributed by atoms with Crippen LogP contribution in [0.15, 0.2) is 78.9 Å². The molecule has 6 rings (SSSR count). The Balaban J connectivity index is 1.11. The average Bonchev–Trinajstić information content (AvgIpc) is 3.75. The second-order valence-electron chi connectivity index (χ2n) is 11.5. The summed E-state index contributed by atoms with van der Waals surface area (Å²) < 4.78 is 11.8. The molecule has 3 aliphatic rings. The lowest BCUT2D eigenvalue weighted by Crippen LogP contribution is -2.50. The fraction of sp³-hybridized carbons (Fsp3) is 0.412. The standard InChI is InChI=1S/C34H38N2O5/c1-2-36-29-20-26(21-30(36)32-31(29)41-32)40-34(39)35-28-19-23(16-17-27(28)24-13-7-4-8-14-24)12-9-15-25(33(37)38)18-22-10-5-3-6-11-22/h3-8,10-11,13-14,16-17,19,25-26,29-32H,2,9,12,15,18,20-21H2,1H3,(H,35,39)(H,37,38)/t25?,26-,29-,30+,31-,32+. The Morgan fingerprint density at radius 2 is 1.66 bits per heavy atom. The van der Waals surface area contributed by atoms with Gasteiger partial charge in [0.25, 0.3) is 0 Å². The van der Waals surface area contributed by atoms with Crippen molar-refractivity contribution in [3.63, 3.8) is 0 Å². The van der Waals surface area contributed by atoms with Gasteiger partial charge in [-0.2, -0.15) is 0 Å². The molecule has 3 saturated heterocycles. The molecule has 0 saturated carbocycles. The molecule has 1 amide bonds. The Kier molecular flexibility index (Phi) is 8.08. The van der Waals surface area contributed by atoms with E-state index in [1.54, 1.807) is 0 Å². The van der Waals surface area contributed by atoms with Crippen molar-refractivity contribution in [1.82, 2.24) is 4.90 Å². The van der Waals surface area contributed by atoms with E-state index in [0.29, 0.717) is 42.8 Å². The van der Waals surface area contributed by atoms with E-state index >= 15 is 0 Å². The number of carbonyl (C=O) groups is 2. The van der Waals surface area contributed by atoms with Gasteiger partial charge in [0.2, 0.25) is 0 Å². The fourth-order valence-electron chi connectivity index (χ4n) is 6.89. The van der Waals surface area contributed by atoms with E-state index in [1.165, 1.54) is 0 Å². The Hall–Kier alpha value is -3.68. The number of carbonyl (C=O) groups excluding carboxylic acids is 1. The summed E-state index contributed by atoms with van der Waals surface area (Å²) >= 11 is 0. The van der Waals surface area contributed by atoms with Gasteiger partial charge in [-0.25, -0.2) is 4.79 Å². The minimum atomic E-state index is -0.763. The fourth-order valence-corrected chi connectivity index (χ4v) is 6.89. The minimum absolute atomic E-state index is 0.120. The van der Waals surface area contributed by atoms with Gasteiger partial charge in [0.05, 0.1) is 11.6 Å². The summed E-state index contributed by atoms with van der Waals surface area (Å²) in [6.45, 7) is 3.18. The molecule has 3 aromatic rings. The van der Waals surface area contributed by atoms with Gasteiger partial charge in [-0.3, -0.25) is 15.0 Å². The number of ether oxygens (including phenoxy) is 2. The number of epoxide rings is 1. The number of aliphatic carboxylic acids is 1. The molecule has 0 aliphatic carbocycles. The number of fused-ring (bicyclic) bond motifs is 5. The average molecular weight is 555 g/mol. The van der Waals surface area contributed by atoms with E-state index in [-0.39, 0.29) is 6.10 Å². The minimum Gasteiger partial charge on any atom is -0.481 e. The Bertz CT molecular complexity index is 1350. The zero-order valence-electron chi connectivity index (χ0n) is 23.4. The van der Waals surface area contributed by atoms with Crippen LogP contribution in [0.4, 0.5) is 10.5 Å². The topological polar surface area (TPSA) is 91.4 Å². The Morgan fingerprint density at radius 3 is 2.32 bits per heavy atom. The lowest BCUT2D eigenvalue weighted by molar-refractivity contribution is -0.142. The molecule has 3 aromatic carbocycles. The molecule has 0 radical (unpaired) electrons. The van der Waals surface area contributed by atoms with Crippen LogP contribution in [0.2, 0.25) is 0 Å². The van der Waals surface area contributed by atoms with Crippen molar-refractivity contribution >= 4 is 17.7 Å². The number of hydrogen-bond acceptors (Lipinski definition) is 5. The summed E-state index contributed by atoms with van der Waals surface area (Å²) in [6.07, 6.45) is 4.21. The van der Waals surface area contributed by atoms with E-state index in [2.05, 4.69) is 23.2 Å². The lowest BCUT2D eigenvalue weighted by Gasteiger charge is -2.39. The second-order valence-corrected chi connectivity index (χ2v) is 11.5. The van der Waals surface area contributed by atoms with Crippen LogP contribution >= 0.6 is 0 Å².